The Bertz CT molecular complexity index is 584. The third-order valence-corrected chi connectivity index (χ3v) is 3.94. The molecule has 0 heterocycles. The van der Waals surface area contributed by atoms with Crippen LogP contribution in [0.3, 0.4) is 0 Å². The number of benzene rings is 2. The van der Waals surface area contributed by atoms with E-state index in [1.165, 1.54) is 23.2 Å². The van der Waals surface area contributed by atoms with Crippen LogP contribution >= 0.6 is 12.0 Å². The minimum absolute atomic E-state index is 0.540. The van der Waals surface area contributed by atoms with Crippen LogP contribution < -0.4 is 10.1 Å². The van der Waals surface area contributed by atoms with Gasteiger partial charge in [0.1, 0.15) is 5.75 Å². The van der Waals surface area contributed by atoms with Crippen molar-refractivity contribution < 1.29 is 8.92 Å². The average molecular weight is 315 g/mol. The van der Waals surface area contributed by atoms with E-state index < -0.39 is 0 Å². The van der Waals surface area contributed by atoms with Crippen molar-refractivity contribution in [2.24, 2.45) is 0 Å². The second-order valence-electron chi connectivity index (χ2n) is 4.72. The summed E-state index contributed by atoms with van der Waals surface area (Å²) in [6, 6.07) is 16.3. The zero-order valence-electron chi connectivity index (χ0n) is 12.7. The SMILES string of the molecule is C=CCOSc1ccccc1CNCc1ccc(OC)cc1. The third kappa shape index (κ3) is 5.22. The lowest BCUT2D eigenvalue weighted by molar-refractivity contribution is 0.414. The maximum Gasteiger partial charge on any atom is 0.118 e. The minimum Gasteiger partial charge on any atom is -0.497 e. The largest absolute Gasteiger partial charge is 0.497 e. The summed E-state index contributed by atoms with van der Waals surface area (Å²) in [7, 11) is 1.68. The van der Waals surface area contributed by atoms with Gasteiger partial charge < -0.3 is 14.2 Å². The summed E-state index contributed by atoms with van der Waals surface area (Å²) in [6.45, 7) is 5.80. The zero-order valence-corrected chi connectivity index (χ0v) is 13.6. The second kappa shape index (κ2) is 9.30. The monoisotopic (exact) mass is 315 g/mol. The molecule has 4 heteroatoms. The molecule has 0 spiro atoms. The highest BCUT2D eigenvalue weighted by atomic mass is 32.2. The molecule has 2 aromatic rings. The van der Waals surface area contributed by atoms with E-state index >= 15 is 0 Å². The molecule has 0 atom stereocenters. The number of hydrogen-bond donors (Lipinski definition) is 1. The third-order valence-electron chi connectivity index (χ3n) is 3.11. The van der Waals surface area contributed by atoms with Gasteiger partial charge in [-0.25, -0.2) is 0 Å². The van der Waals surface area contributed by atoms with Gasteiger partial charge in [0.25, 0.3) is 0 Å². The molecule has 0 saturated heterocycles. The number of ether oxygens (including phenoxy) is 1. The van der Waals surface area contributed by atoms with Crippen LogP contribution in [0.15, 0.2) is 66.1 Å². The van der Waals surface area contributed by atoms with Crippen molar-refractivity contribution in [3.8, 4) is 5.75 Å². The molecule has 0 aliphatic carbocycles. The van der Waals surface area contributed by atoms with Crippen LogP contribution in [0.25, 0.3) is 0 Å². The molecule has 0 radical (unpaired) electrons. The molecule has 0 aromatic heterocycles. The summed E-state index contributed by atoms with van der Waals surface area (Å²) >= 11 is 1.40. The van der Waals surface area contributed by atoms with Gasteiger partial charge in [0.2, 0.25) is 0 Å². The fourth-order valence-electron chi connectivity index (χ4n) is 1.96. The fraction of sp³-hybridized carbons (Fsp3) is 0.222. The summed E-state index contributed by atoms with van der Waals surface area (Å²) in [5.41, 5.74) is 2.46. The highest BCUT2D eigenvalue weighted by Crippen LogP contribution is 2.23. The molecule has 0 saturated carbocycles. The van der Waals surface area contributed by atoms with E-state index in [2.05, 4.69) is 36.2 Å². The lowest BCUT2D eigenvalue weighted by atomic mass is 10.2. The molecular weight excluding hydrogens is 294 g/mol. The lowest BCUT2D eigenvalue weighted by Crippen LogP contribution is -2.13. The Balaban J connectivity index is 1.86. The molecule has 0 unspecified atom stereocenters. The molecule has 22 heavy (non-hydrogen) atoms. The van der Waals surface area contributed by atoms with E-state index in [9.17, 15) is 0 Å². The maximum absolute atomic E-state index is 5.46. The molecule has 2 aromatic carbocycles. The van der Waals surface area contributed by atoms with Crippen LogP contribution in [-0.2, 0) is 17.3 Å². The summed E-state index contributed by atoms with van der Waals surface area (Å²) in [5.74, 6) is 0.880. The molecule has 3 nitrogen and oxygen atoms in total. The van der Waals surface area contributed by atoms with Gasteiger partial charge >= 0.3 is 0 Å². The van der Waals surface area contributed by atoms with Crippen molar-refractivity contribution in [2.75, 3.05) is 13.7 Å². The van der Waals surface area contributed by atoms with Gasteiger partial charge in [-0.15, -0.1) is 6.58 Å². The highest BCUT2D eigenvalue weighted by Gasteiger charge is 2.03. The Hall–Kier alpha value is -1.75. The van der Waals surface area contributed by atoms with E-state index in [4.69, 9.17) is 8.92 Å². The van der Waals surface area contributed by atoms with Gasteiger partial charge in [0.05, 0.1) is 13.7 Å². The zero-order chi connectivity index (χ0) is 15.6. The van der Waals surface area contributed by atoms with Crippen LogP contribution in [0.1, 0.15) is 11.1 Å². The molecule has 0 fully saturated rings. The summed E-state index contributed by atoms with van der Waals surface area (Å²) in [5, 5.41) is 3.46. The normalized spacial score (nSPS) is 10.4. The Morgan fingerprint density at radius 2 is 1.86 bits per heavy atom. The maximum atomic E-state index is 5.46. The van der Waals surface area contributed by atoms with Crippen LogP contribution in [0, 0.1) is 0 Å². The van der Waals surface area contributed by atoms with Crippen LogP contribution in [-0.4, -0.2) is 13.7 Å². The smallest absolute Gasteiger partial charge is 0.118 e. The van der Waals surface area contributed by atoms with Crippen LogP contribution in [0.4, 0.5) is 0 Å². The first-order valence-electron chi connectivity index (χ1n) is 7.15. The van der Waals surface area contributed by atoms with Crippen molar-refractivity contribution in [3.63, 3.8) is 0 Å². The number of rotatable bonds is 9. The van der Waals surface area contributed by atoms with Crippen molar-refractivity contribution in [1.82, 2.24) is 5.32 Å². The number of hydrogen-bond acceptors (Lipinski definition) is 4. The Morgan fingerprint density at radius 1 is 1.09 bits per heavy atom. The molecule has 0 bridgehead atoms. The first kappa shape index (κ1) is 16.6. The highest BCUT2D eigenvalue weighted by molar-refractivity contribution is 7.94. The van der Waals surface area contributed by atoms with Crippen LogP contribution in [0.5, 0.6) is 5.75 Å². The van der Waals surface area contributed by atoms with Gasteiger partial charge in [-0.3, -0.25) is 0 Å². The quantitative estimate of drug-likeness (QED) is 0.427. The molecule has 1 N–H and O–H groups in total. The topological polar surface area (TPSA) is 30.5 Å². The van der Waals surface area contributed by atoms with Crippen molar-refractivity contribution >= 4 is 12.0 Å². The Labute approximate surface area is 136 Å². The summed E-state index contributed by atoms with van der Waals surface area (Å²) < 4.78 is 10.6. The van der Waals surface area contributed by atoms with Crippen molar-refractivity contribution in [1.29, 1.82) is 0 Å². The lowest BCUT2D eigenvalue weighted by Gasteiger charge is -2.10. The molecule has 0 aliphatic rings. The molecule has 0 aliphatic heterocycles. The van der Waals surface area contributed by atoms with Crippen LogP contribution in [0.2, 0.25) is 0 Å². The average Bonchev–Trinajstić information content (AvgIpc) is 2.57. The predicted molar refractivity (Wildman–Crippen MR) is 92.0 cm³/mol. The molecule has 116 valence electrons. The van der Waals surface area contributed by atoms with E-state index in [1.54, 1.807) is 13.2 Å². The Morgan fingerprint density at radius 3 is 2.59 bits per heavy atom. The van der Waals surface area contributed by atoms with E-state index in [0.29, 0.717) is 6.61 Å². The van der Waals surface area contributed by atoms with E-state index in [1.807, 2.05) is 24.3 Å². The summed E-state index contributed by atoms with van der Waals surface area (Å²) in [6.07, 6.45) is 1.75. The van der Waals surface area contributed by atoms with Gasteiger partial charge in [-0.05, 0) is 29.3 Å². The number of methoxy groups -OCH3 is 1. The van der Waals surface area contributed by atoms with Gasteiger partial charge in [-0.2, -0.15) is 0 Å². The van der Waals surface area contributed by atoms with Gasteiger partial charge in [-0.1, -0.05) is 36.4 Å². The molecular formula is C18H21NO2S. The number of nitrogens with one attached hydrogen (secondary N) is 1. The first-order valence-corrected chi connectivity index (χ1v) is 7.89. The fourth-order valence-corrected chi connectivity index (χ4v) is 2.63. The van der Waals surface area contributed by atoms with Gasteiger partial charge in [0, 0.05) is 30.0 Å². The van der Waals surface area contributed by atoms with Crippen molar-refractivity contribution in [3.05, 3.63) is 72.3 Å². The van der Waals surface area contributed by atoms with E-state index in [0.717, 1.165) is 23.7 Å². The predicted octanol–water partition coefficient (Wildman–Crippen LogP) is 4.19. The molecule has 0 amide bonds. The second-order valence-corrected chi connectivity index (χ2v) is 5.56. The van der Waals surface area contributed by atoms with Gasteiger partial charge in [0.15, 0.2) is 0 Å². The molecule has 2 rings (SSSR count). The van der Waals surface area contributed by atoms with E-state index in [-0.39, 0.29) is 0 Å². The Kier molecular flexibility index (Phi) is 7.03. The standard InChI is InChI=1S/C18H21NO2S/c1-3-12-21-22-18-7-5-4-6-16(18)14-19-13-15-8-10-17(20-2)11-9-15/h3-11,19H,1,12-14H2,2H3. The van der Waals surface area contributed by atoms with Crippen molar-refractivity contribution in [2.45, 2.75) is 18.0 Å². The first-order chi connectivity index (χ1) is 10.8. The minimum atomic E-state index is 0.540. The summed E-state index contributed by atoms with van der Waals surface area (Å²) in [4.78, 5) is 1.13.